The topological polar surface area (TPSA) is 67.4 Å². The van der Waals surface area contributed by atoms with Crippen LogP contribution in [0.25, 0.3) is 0 Å². The molecule has 1 aromatic carbocycles. The van der Waals surface area contributed by atoms with E-state index in [-0.39, 0.29) is 11.6 Å². The van der Waals surface area contributed by atoms with Crippen LogP contribution in [0.5, 0.6) is 11.5 Å². The summed E-state index contributed by atoms with van der Waals surface area (Å²) >= 11 is 0. The van der Waals surface area contributed by atoms with Crippen molar-refractivity contribution in [2.45, 2.75) is 32.4 Å². The molecule has 0 radical (unpaired) electrons. The largest absolute Gasteiger partial charge is 0.493 e. The Kier molecular flexibility index (Phi) is 7.74. The number of hydrogen-bond donors (Lipinski definition) is 2. The SMILES string of the molecule is CN=C(NCC(c1ccc(OC)c(OC)c1)N1CCOCC1)NC(C)(C)C. The number of guanidine groups is 1. The fraction of sp³-hybridized carbons (Fsp3) is 0.650. The van der Waals surface area contributed by atoms with Gasteiger partial charge in [-0.15, -0.1) is 0 Å². The van der Waals surface area contributed by atoms with Crippen LogP contribution in [0.3, 0.4) is 0 Å². The molecular formula is C20H34N4O3. The first-order valence-electron chi connectivity index (χ1n) is 9.40. The molecule has 2 rings (SSSR count). The quantitative estimate of drug-likeness (QED) is 0.583. The van der Waals surface area contributed by atoms with Gasteiger partial charge in [0.2, 0.25) is 0 Å². The van der Waals surface area contributed by atoms with E-state index in [4.69, 9.17) is 14.2 Å². The Bertz CT molecular complexity index is 622. The molecule has 1 aliphatic rings. The van der Waals surface area contributed by atoms with Crippen LogP contribution in [-0.4, -0.2) is 70.5 Å². The summed E-state index contributed by atoms with van der Waals surface area (Å²) in [6.07, 6.45) is 0. The summed E-state index contributed by atoms with van der Waals surface area (Å²) in [7, 11) is 5.11. The first kappa shape index (κ1) is 21.3. The van der Waals surface area contributed by atoms with Gasteiger partial charge in [-0.1, -0.05) is 6.07 Å². The van der Waals surface area contributed by atoms with Crippen molar-refractivity contribution in [1.82, 2.24) is 15.5 Å². The van der Waals surface area contributed by atoms with Crippen molar-refractivity contribution in [2.75, 3.05) is 54.1 Å². The van der Waals surface area contributed by atoms with Gasteiger partial charge < -0.3 is 24.8 Å². The molecule has 0 bridgehead atoms. The van der Waals surface area contributed by atoms with Gasteiger partial charge in [-0.25, -0.2) is 0 Å². The Labute approximate surface area is 163 Å². The Morgan fingerprint density at radius 2 is 1.85 bits per heavy atom. The maximum Gasteiger partial charge on any atom is 0.191 e. The molecule has 1 unspecified atom stereocenters. The number of nitrogens with zero attached hydrogens (tertiary/aromatic N) is 2. The average molecular weight is 379 g/mol. The van der Waals surface area contributed by atoms with Gasteiger partial charge in [-0.3, -0.25) is 9.89 Å². The number of morpholine rings is 1. The van der Waals surface area contributed by atoms with Crippen molar-refractivity contribution < 1.29 is 14.2 Å². The molecule has 7 nitrogen and oxygen atoms in total. The van der Waals surface area contributed by atoms with E-state index in [1.807, 2.05) is 6.07 Å². The lowest BCUT2D eigenvalue weighted by molar-refractivity contribution is 0.0169. The second kappa shape index (κ2) is 9.80. The molecule has 1 saturated heterocycles. The van der Waals surface area contributed by atoms with Crippen LogP contribution in [0.2, 0.25) is 0 Å². The van der Waals surface area contributed by atoms with Gasteiger partial charge in [0, 0.05) is 32.2 Å². The van der Waals surface area contributed by atoms with Crippen molar-refractivity contribution in [1.29, 1.82) is 0 Å². The second-order valence-corrected chi connectivity index (χ2v) is 7.61. The summed E-state index contributed by atoms with van der Waals surface area (Å²) in [6.45, 7) is 10.4. The lowest BCUT2D eigenvalue weighted by Crippen LogP contribution is -2.50. The molecule has 2 N–H and O–H groups in total. The van der Waals surface area contributed by atoms with Gasteiger partial charge in [0.15, 0.2) is 17.5 Å². The zero-order valence-corrected chi connectivity index (χ0v) is 17.5. The highest BCUT2D eigenvalue weighted by Crippen LogP contribution is 2.32. The van der Waals surface area contributed by atoms with E-state index in [2.05, 4.69) is 53.4 Å². The third-order valence-electron chi connectivity index (χ3n) is 4.46. The maximum atomic E-state index is 5.54. The Hall–Kier alpha value is -1.99. The van der Waals surface area contributed by atoms with Gasteiger partial charge >= 0.3 is 0 Å². The van der Waals surface area contributed by atoms with Gasteiger partial charge in [0.25, 0.3) is 0 Å². The van der Waals surface area contributed by atoms with Gasteiger partial charge in [-0.05, 0) is 38.5 Å². The average Bonchev–Trinajstić information content (AvgIpc) is 2.66. The van der Waals surface area contributed by atoms with Crippen LogP contribution in [-0.2, 0) is 4.74 Å². The molecule has 1 fully saturated rings. The lowest BCUT2D eigenvalue weighted by atomic mass is 10.0. The number of rotatable bonds is 6. The first-order valence-corrected chi connectivity index (χ1v) is 9.40. The predicted molar refractivity (Wildman–Crippen MR) is 109 cm³/mol. The highest BCUT2D eigenvalue weighted by molar-refractivity contribution is 5.80. The number of benzene rings is 1. The van der Waals surface area contributed by atoms with Crippen LogP contribution >= 0.6 is 0 Å². The molecule has 0 amide bonds. The number of nitrogens with one attached hydrogen (secondary N) is 2. The molecule has 0 aromatic heterocycles. The minimum Gasteiger partial charge on any atom is -0.493 e. The molecule has 27 heavy (non-hydrogen) atoms. The monoisotopic (exact) mass is 378 g/mol. The normalized spacial score (nSPS) is 17.3. The van der Waals surface area contributed by atoms with Crippen molar-refractivity contribution in [2.24, 2.45) is 4.99 Å². The van der Waals surface area contributed by atoms with Crippen molar-refractivity contribution in [3.8, 4) is 11.5 Å². The standard InChI is InChI=1S/C20H34N4O3/c1-20(2,3)23-19(21-4)22-14-16(24-9-11-27-12-10-24)15-7-8-17(25-5)18(13-15)26-6/h7-8,13,16H,9-12,14H2,1-6H3,(H2,21,22,23). The number of ether oxygens (including phenoxy) is 3. The fourth-order valence-corrected chi connectivity index (χ4v) is 3.13. The van der Waals surface area contributed by atoms with Crippen molar-refractivity contribution in [3.05, 3.63) is 23.8 Å². The van der Waals surface area contributed by atoms with Gasteiger partial charge in [-0.2, -0.15) is 0 Å². The zero-order chi connectivity index (χ0) is 19.9. The molecule has 0 aliphatic carbocycles. The molecule has 1 aliphatic heterocycles. The number of hydrogen-bond acceptors (Lipinski definition) is 5. The summed E-state index contributed by atoms with van der Waals surface area (Å²) in [5, 5.41) is 6.88. The molecular weight excluding hydrogens is 344 g/mol. The van der Waals surface area contributed by atoms with E-state index in [1.165, 1.54) is 5.56 Å². The molecule has 152 valence electrons. The minimum absolute atomic E-state index is 0.0559. The zero-order valence-electron chi connectivity index (χ0n) is 17.5. The van der Waals surface area contributed by atoms with Crippen LogP contribution in [0.1, 0.15) is 32.4 Å². The summed E-state index contributed by atoms with van der Waals surface area (Å²) in [4.78, 5) is 6.78. The third-order valence-corrected chi connectivity index (χ3v) is 4.46. The third kappa shape index (κ3) is 6.29. The molecule has 0 saturated carbocycles. The van der Waals surface area contributed by atoms with E-state index in [1.54, 1.807) is 21.3 Å². The second-order valence-electron chi connectivity index (χ2n) is 7.61. The molecule has 7 heteroatoms. The number of aliphatic imine (C=N–C) groups is 1. The van der Waals surface area contributed by atoms with Crippen LogP contribution in [0.4, 0.5) is 0 Å². The van der Waals surface area contributed by atoms with E-state index in [0.717, 1.165) is 50.3 Å². The van der Waals surface area contributed by atoms with E-state index < -0.39 is 0 Å². The van der Waals surface area contributed by atoms with Crippen molar-refractivity contribution >= 4 is 5.96 Å². The lowest BCUT2D eigenvalue weighted by Gasteiger charge is -2.35. The van der Waals surface area contributed by atoms with E-state index in [0.29, 0.717) is 0 Å². The van der Waals surface area contributed by atoms with Gasteiger partial charge in [0.05, 0.1) is 33.5 Å². The first-order chi connectivity index (χ1) is 12.9. The smallest absolute Gasteiger partial charge is 0.191 e. The van der Waals surface area contributed by atoms with Crippen LogP contribution in [0, 0.1) is 0 Å². The van der Waals surface area contributed by atoms with Crippen molar-refractivity contribution in [3.63, 3.8) is 0 Å². The highest BCUT2D eigenvalue weighted by atomic mass is 16.5. The molecule has 1 aromatic rings. The predicted octanol–water partition coefficient (Wildman–Crippen LogP) is 2.04. The summed E-state index contributed by atoms with van der Waals surface area (Å²) in [6, 6.07) is 6.29. The Morgan fingerprint density at radius 3 is 2.41 bits per heavy atom. The summed E-state index contributed by atoms with van der Waals surface area (Å²) < 4.78 is 16.4. The van der Waals surface area contributed by atoms with E-state index in [9.17, 15) is 0 Å². The maximum absolute atomic E-state index is 5.54. The highest BCUT2D eigenvalue weighted by Gasteiger charge is 2.24. The van der Waals surface area contributed by atoms with Crippen LogP contribution < -0.4 is 20.1 Å². The number of methoxy groups -OCH3 is 2. The van der Waals surface area contributed by atoms with E-state index >= 15 is 0 Å². The van der Waals surface area contributed by atoms with Gasteiger partial charge in [0.1, 0.15) is 0 Å². The minimum atomic E-state index is -0.0559. The molecule has 1 heterocycles. The fourth-order valence-electron chi connectivity index (χ4n) is 3.13. The molecule has 1 atom stereocenters. The Balaban J connectivity index is 2.21. The summed E-state index contributed by atoms with van der Waals surface area (Å²) in [5.41, 5.74) is 1.12. The summed E-state index contributed by atoms with van der Waals surface area (Å²) in [5.74, 6) is 2.27. The molecule has 0 spiro atoms. The van der Waals surface area contributed by atoms with Crippen LogP contribution in [0.15, 0.2) is 23.2 Å². The Morgan fingerprint density at radius 1 is 1.19 bits per heavy atom.